The number of hydrogen-bond donors (Lipinski definition) is 0. The van der Waals surface area contributed by atoms with E-state index in [-0.39, 0.29) is 0 Å². The number of nitrogens with zero attached hydrogens (tertiary/aromatic N) is 4. The van der Waals surface area contributed by atoms with Crippen molar-refractivity contribution in [3.8, 4) is 11.5 Å². The minimum Gasteiger partial charge on any atom is -0.334 e. The van der Waals surface area contributed by atoms with Crippen LogP contribution in [-0.4, -0.2) is 19.5 Å². The van der Waals surface area contributed by atoms with Gasteiger partial charge < -0.3 is 4.52 Å². The molecular formula is C16H10N4OS. The second-order valence-electron chi connectivity index (χ2n) is 5.12. The molecule has 0 N–H and O–H groups in total. The van der Waals surface area contributed by atoms with Crippen LogP contribution in [0.2, 0.25) is 0 Å². The van der Waals surface area contributed by atoms with E-state index in [1.165, 1.54) is 10.2 Å². The zero-order chi connectivity index (χ0) is 14.7. The number of aromatic nitrogens is 4. The molecule has 0 fully saturated rings. The molecule has 0 aliphatic rings. The van der Waals surface area contributed by atoms with Crippen LogP contribution in [0.15, 0.2) is 47.0 Å². The van der Waals surface area contributed by atoms with Crippen LogP contribution in [-0.2, 0) is 0 Å². The van der Waals surface area contributed by atoms with Crippen molar-refractivity contribution in [2.24, 2.45) is 0 Å². The van der Waals surface area contributed by atoms with Gasteiger partial charge in [-0.3, -0.25) is 4.40 Å². The van der Waals surface area contributed by atoms with Crippen molar-refractivity contribution in [2.75, 3.05) is 0 Å². The number of fused-ring (bicyclic) bond motifs is 5. The highest BCUT2D eigenvalue weighted by atomic mass is 32.1. The summed E-state index contributed by atoms with van der Waals surface area (Å²) in [5, 5.41) is 3.87. The molecule has 3 aromatic heterocycles. The fourth-order valence-electron chi connectivity index (χ4n) is 2.78. The van der Waals surface area contributed by atoms with Crippen molar-refractivity contribution in [2.45, 2.75) is 6.92 Å². The lowest BCUT2D eigenvalue weighted by Crippen LogP contribution is -1.83. The summed E-state index contributed by atoms with van der Waals surface area (Å²) >= 11 is 1.68. The molecule has 0 bridgehead atoms. The van der Waals surface area contributed by atoms with Gasteiger partial charge in [-0.15, -0.1) is 0 Å². The van der Waals surface area contributed by atoms with E-state index in [0.717, 1.165) is 21.6 Å². The third-order valence-corrected chi connectivity index (χ3v) is 4.74. The molecule has 0 amide bonds. The van der Waals surface area contributed by atoms with Gasteiger partial charge in [0.2, 0.25) is 0 Å². The van der Waals surface area contributed by atoms with E-state index in [2.05, 4.69) is 32.7 Å². The fourth-order valence-corrected chi connectivity index (χ4v) is 3.82. The normalized spacial score (nSPS) is 11.9. The second-order valence-corrected chi connectivity index (χ2v) is 6.13. The number of para-hydroxylation sites is 2. The molecule has 0 saturated carbocycles. The lowest BCUT2D eigenvalue weighted by atomic mass is 10.2. The van der Waals surface area contributed by atoms with Gasteiger partial charge in [0, 0.05) is 0 Å². The molecule has 5 aromatic rings. The Morgan fingerprint density at radius 2 is 1.86 bits per heavy atom. The van der Waals surface area contributed by atoms with Crippen LogP contribution < -0.4 is 0 Å². The fraction of sp³-hybridized carbons (Fsp3) is 0.0625. The maximum Gasteiger partial charge on any atom is 0.260 e. The zero-order valence-electron chi connectivity index (χ0n) is 11.6. The van der Waals surface area contributed by atoms with Crippen molar-refractivity contribution in [3.63, 3.8) is 0 Å². The van der Waals surface area contributed by atoms with Crippen LogP contribution in [0, 0.1) is 6.92 Å². The van der Waals surface area contributed by atoms with Crippen LogP contribution in [0.4, 0.5) is 0 Å². The summed E-state index contributed by atoms with van der Waals surface area (Å²) in [7, 11) is 0. The Hall–Kier alpha value is -2.73. The summed E-state index contributed by atoms with van der Waals surface area (Å²) < 4.78 is 8.72. The van der Waals surface area contributed by atoms with Crippen molar-refractivity contribution in [3.05, 3.63) is 48.3 Å². The molecule has 106 valence electrons. The highest BCUT2D eigenvalue weighted by molar-refractivity contribution is 7.23. The zero-order valence-corrected chi connectivity index (χ0v) is 12.5. The minimum atomic E-state index is 0.512. The minimum absolute atomic E-state index is 0.512. The summed E-state index contributed by atoms with van der Waals surface area (Å²) in [6.45, 7) is 1.81. The number of benzene rings is 2. The molecule has 0 saturated heterocycles. The number of thiazole rings is 1. The van der Waals surface area contributed by atoms with Gasteiger partial charge in [0.1, 0.15) is 5.52 Å². The van der Waals surface area contributed by atoms with Crippen LogP contribution >= 0.6 is 11.3 Å². The summed E-state index contributed by atoms with van der Waals surface area (Å²) in [5.74, 6) is 1.14. The summed E-state index contributed by atoms with van der Waals surface area (Å²) in [5.41, 5.74) is 3.99. The van der Waals surface area contributed by atoms with Gasteiger partial charge in [-0.25, -0.2) is 4.98 Å². The first kappa shape index (κ1) is 11.9. The van der Waals surface area contributed by atoms with Crippen molar-refractivity contribution >= 4 is 37.5 Å². The predicted octanol–water partition coefficient (Wildman–Crippen LogP) is 4.06. The maximum absolute atomic E-state index is 5.31. The van der Waals surface area contributed by atoms with E-state index in [9.17, 15) is 0 Å². The Balaban J connectivity index is 1.93. The first-order valence-electron chi connectivity index (χ1n) is 6.91. The van der Waals surface area contributed by atoms with Crippen LogP contribution in [0.25, 0.3) is 37.7 Å². The molecule has 0 unspecified atom stereocenters. The molecule has 0 aliphatic heterocycles. The standard InChI is InChI=1S/C16H10N4OS/c1-9-17-15(21-19-9)10-5-4-7-12-14(10)18-16-20(12)11-6-2-3-8-13(11)22-16/h2-8H,1H3. The summed E-state index contributed by atoms with van der Waals surface area (Å²) in [4.78, 5) is 10.1. The first-order valence-corrected chi connectivity index (χ1v) is 7.72. The third-order valence-electron chi connectivity index (χ3n) is 3.72. The second kappa shape index (κ2) is 4.14. The molecule has 2 aromatic carbocycles. The Morgan fingerprint density at radius 1 is 1.00 bits per heavy atom. The Labute approximate surface area is 128 Å². The van der Waals surface area contributed by atoms with E-state index in [1.807, 2.05) is 31.2 Å². The highest BCUT2D eigenvalue weighted by Gasteiger charge is 2.17. The highest BCUT2D eigenvalue weighted by Crippen LogP contribution is 2.33. The molecule has 6 heteroatoms. The molecule has 5 rings (SSSR count). The van der Waals surface area contributed by atoms with Gasteiger partial charge in [-0.05, 0) is 31.2 Å². The van der Waals surface area contributed by atoms with E-state index in [1.54, 1.807) is 11.3 Å². The lowest BCUT2D eigenvalue weighted by Gasteiger charge is -1.97. The number of imidazole rings is 1. The van der Waals surface area contributed by atoms with Crippen molar-refractivity contribution in [1.29, 1.82) is 0 Å². The Kier molecular flexibility index (Phi) is 2.24. The Morgan fingerprint density at radius 3 is 2.73 bits per heavy atom. The van der Waals surface area contributed by atoms with E-state index in [4.69, 9.17) is 9.51 Å². The predicted molar refractivity (Wildman–Crippen MR) is 86.1 cm³/mol. The average Bonchev–Trinajstić information content (AvgIpc) is 3.19. The van der Waals surface area contributed by atoms with Crippen molar-refractivity contribution < 1.29 is 4.52 Å². The maximum atomic E-state index is 5.31. The van der Waals surface area contributed by atoms with Gasteiger partial charge in [0.15, 0.2) is 10.8 Å². The monoisotopic (exact) mass is 306 g/mol. The number of rotatable bonds is 1. The largest absolute Gasteiger partial charge is 0.334 e. The topological polar surface area (TPSA) is 56.2 Å². The van der Waals surface area contributed by atoms with Crippen LogP contribution in [0.3, 0.4) is 0 Å². The quantitative estimate of drug-likeness (QED) is 0.468. The molecule has 3 heterocycles. The molecule has 0 aliphatic carbocycles. The number of hydrogen-bond acceptors (Lipinski definition) is 5. The SMILES string of the molecule is Cc1noc(-c2cccc3c2nc2sc4ccccc4n23)n1. The Bertz CT molecular complexity index is 1150. The lowest BCUT2D eigenvalue weighted by molar-refractivity contribution is 0.426. The molecular weight excluding hydrogens is 296 g/mol. The first-order chi connectivity index (χ1) is 10.8. The van der Waals surface area contributed by atoms with E-state index < -0.39 is 0 Å². The smallest absolute Gasteiger partial charge is 0.260 e. The van der Waals surface area contributed by atoms with E-state index >= 15 is 0 Å². The van der Waals surface area contributed by atoms with Crippen LogP contribution in [0.5, 0.6) is 0 Å². The molecule has 22 heavy (non-hydrogen) atoms. The summed E-state index contributed by atoms with van der Waals surface area (Å²) in [6.07, 6.45) is 0. The molecule has 0 spiro atoms. The average molecular weight is 306 g/mol. The van der Waals surface area contributed by atoms with Crippen molar-refractivity contribution in [1.82, 2.24) is 19.5 Å². The molecule has 0 atom stereocenters. The summed E-state index contributed by atoms with van der Waals surface area (Å²) in [6, 6.07) is 14.4. The van der Waals surface area contributed by atoms with Crippen LogP contribution in [0.1, 0.15) is 5.82 Å². The molecule has 0 radical (unpaired) electrons. The van der Waals surface area contributed by atoms with Gasteiger partial charge in [-0.2, -0.15) is 4.98 Å². The van der Waals surface area contributed by atoms with Gasteiger partial charge in [-0.1, -0.05) is 34.7 Å². The number of aryl methyl sites for hydroxylation is 1. The van der Waals surface area contributed by atoms with E-state index in [0.29, 0.717) is 11.7 Å². The molecule has 5 nitrogen and oxygen atoms in total. The van der Waals surface area contributed by atoms with Gasteiger partial charge in [0.25, 0.3) is 5.89 Å². The third kappa shape index (κ3) is 1.50. The van der Waals surface area contributed by atoms with Gasteiger partial charge in [0.05, 0.1) is 21.3 Å². The van der Waals surface area contributed by atoms with Gasteiger partial charge >= 0.3 is 0 Å².